The Morgan fingerprint density at radius 2 is 2.07 bits per heavy atom. The molecule has 6 nitrogen and oxygen atoms in total. The molecule has 1 aliphatic heterocycles. The Morgan fingerprint density at radius 3 is 2.74 bits per heavy atom. The van der Waals surface area contributed by atoms with E-state index in [0.717, 1.165) is 23.4 Å². The van der Waals surface area contributed by atoms with Gasteiger partial charge in [0.25, 0.3) is 5.91 Å². The number of hydrogen-bond acceptors (Lipinski definition) is 4. The minimum absolute atomic E-state index is 0.0476. The van der Waals surface area contributed by atoms with Gasteiger partial charge in [0.1, 0.15) is 5.69 Å². The van der Waals surface area contributed by atoms with Crippen LogP contribution in [0.3, 0.4) is 0 Å². The number of nitrogens with two attached hydrogens (primary N) is 1. The SMILES string of the molecule is Cn1ncc(Cl)c1-c1cc2c(cn1)C(=O)N(C(CN)CC1CCCCC1)C2. The third-order valence-electron chi connectivity index (χ3n) is 6.00. The molecule has 0 aromatic carbocycles. The Kier molecular flexibility index (Phi) is 5.19. The number of aryl methyl sites for hydroxylation is 1. The summed E-state index contributed by atoms with van der Waals surface area (Å²) < 4.78 is 1.71. The van der Waals surface area contributed by atoms with Crippen molar-refractivity contribution in [3.63, 3.8) is 0 Å². The van der Waals surface area contributed by atoms with Gasteiger partial charge in [0.2, 0.25) is 0 Å². The highest BCUT2D eigenvalue weighted by Crippen LogP contribution is 2.33. The molecule has 2 N–H and O–H groups in total. The minimum atomic E-state index is 0.0476. The van der Waals surface area contributed by atoms with Crippen LogP contribution in [0.4, 0.5) is 0 Å². The summed E-state index contributed by atoms with van der Waals surface area (Å²) in [5, 5.41) is 4.73. The standard InChI is InChI=1S/C20H26ClN5O/c1-25-19(17(21)11-24-25)18-8-14-12-26(20(27)16(14)10-23-18)15(9-22)7-13-5-3-2-4-6-13/h8,10-11,13,15H,2-7,9,12,22H2,1H3. The van der Waals surface area contributed by atoms with Gasteiger partial charge in [-0.3, -0.25) is 14.5 Å². The van der Waals surface area contributed by atoms with Crippen LogP contribution in [0.25, 0.3) is 11.4 Å². The van der Waals surface area contributed by atoms with Gasteiger partial charge in [0.05, 0.1) is 22.5 Å². The topological polar surface area (TPSA) is 77.0 Å². The maximum atomic E-state index is 13.0. The van der Waals surface area contributed by atoms with Crippen LogP contribution in [0.2, 0.25) is 5.02 Å². The van der Waals surface area contributed by atoms with Crippen molar-refractivity contribution in [1.82, 2.24) is 19.7 Å². The lowest BCUT2D eigenvalue weighted by Gasteiger charge is -2.31. The zero-order valence-corrected chi connectivity index (χ0v) is 16.5. The summed E-state index contributed by atoms with van der Waals surface area (Å²) in [6.07, 6.45) is 10.7. The number of fused-ring (bicyclic) bond motifs is 1. The lowest BCUT2D eigenvalue weighted by molar-refractivity contribution is 0.0674. The van der Waals surface area contributed by atoms with Gasteiger partial charge in [-0.15, -0.1) is 0 Å². The molecule has 1 aliphatic carbocycles. The van der Waals surface area contributed by atoms with E-state index in [2.05, 4.69) is 10.1 Å². The van der Waals surface area contributed by atoms with Crippen molar-refractivity contribution in [3.05, 3.63) is 34.6 Å². The maximum Gasteiger partial charge on any atom is 0.256 e. The van der Waals surface area contributed by atoms with Crippen LogP contribution in [-0.2, 0) is 13.6 Å². The van der Waals surface area contributed by atoms with Crippen LogP contribution in [-0.4, -0.2) is 38.2 Å². The summed E-state index contributed by atoms with van der Waals surface area (Å²) in [4.78, 5) is 19.4. The summed E-state index contributed by atoms with van der Waals surface area (Å²) in [6, 6.07) is 2.06. The first-order valence-electron chi connectivity index (χ1n) is 9.76. The number of carbonyl (C=O) groups excluding carboxylic acids is 1. The third-order valence-corrected chi connectivity index (χ3v) is 6.28. The quantitative estimate of drug-likeness (QED) is 0.853. The molecule has 2 aliphatic rings. The highest BCUT2D eigenvalue weighted by atomic mass is 35.5. The van der Waals surface area contributed by atoms with Gasteiger partial charge in [-0.1, -0.05) is 43.7 Å². The zero-order chi connectivity index (χ0) is 19.0. The van der Waals surface area contributed by atoms with Crippen molar-refractivity contribution in [2.75, 3.05) is 6.54 Å². The van der Waals surface area contributed by atoms with Crippen molar-refractivity contribution < 1.29 is 4.79 Å². The Bertz CT molecular complexity index is 823. The second-order valence-electron chi connectivity index (χ2n) is 7.75. The first-order valence-corrected chi connectivity index (χ1v) is 10.1. The summed E-state index contributed by atoms with van der Waals surface area (Å²) in [7, 11) is 1.84. The summed E-state index contributed by atoms with van der Waals surface area (Å²) >= 11 is 6.25. The minimum Gasteiger partial charge on any atom is -0.330 e. The van der Waals surface area contributed by atoms with Gasteiger partial charge in [0, 0.05) is 32.4 Å². The van der Waals surface area contributed by atoms with Crippen LogP contribution >= 0.6 is 11.6 Å². The zero-order valence-electron chi connectivity index (χ0n) is 15.7. The van der Waals surface area contributed by atoms with Crippen molar-refractivity contribution in [2.24, 2.45) is 18.7 Å². The van der Waals surface area contributed by atoms with Gasteiger partial charge in [-0.05, 0) is 24.0 Å². The molecule has 7 heteroatoms. The van der Waals surface area contributed by atoms with E-state index >= 15 is 0 Å². The second-order valence-corrected chi connectivity index (χ2v) is 8.16. The molecule has 1 atom stereocenters. The monoisotopic (exact) mass is 387 g/mol. The number of rotatable bonds is 5. The lowest BCUT2D eigenvalue weighted by atomic mass is 9.84. The van der Waals surface area contributed by atoms with Crippen LogP contribution < -0.4 is 5.73 Å². The van der Waals surface area contributed by atoms with Gasteiger partial charge >= 0.3 is 0 Å². The molecule has 27 heavy (non-hydrogen) atoms. The number of hydrogen-bond donors (Lipinski definition) is 1. The van der Waals surface area contributed by atoms with E-state index in [1.54, 1.807) is 17.1 Å². The van der Waals surface area contributed by atoms with Crippen LogP contribution in [0.5, 0.6) is 0 Å². The summed E-state index contributed by atoms with van der Waals surface area (Å²) in [5.41, 5.74) is 9.25. The third kappa shape index (κ3) is 3.48. The Labute approximate surface area is 164 Å². The molecular formula is C20H26ClN5O. The normalized spacial score (nSPS) is 18.8. The predicted octanol–water partition coefficient (Wildman–Crippen LogP) is 3.39. The fraction of sp³-hybridized carbons (Fsp3) is 0.550. The molecule has 2 aromatic rings. The number of pyridine rings is 1. The maximum absolute atomic E-state index is 13.0. The number of halogens is 1. The van der Waals surface area contributed by atoms with Crippen LogP contribution in [0, 0.1) is 5.92 Å². The molecule has 1 unspecified atom stereocenters. The summed E-state index contributed by atoms with van der Waals surface area (Å²) in [5.74, 6) is 0.733. The number of carbonyl (C=O) groups is 1. The molecule has 1 amide bonds. The smallest absolute Gasteiger partial charge is 0.256 e. The molecule has 2 aromatic heterocycles. The number of aromatic nitrogens is 3. The molecule has 4 rings (SSSR count). The molecule has 1 saturated carbocycles. The van der Waals surface area contributed by atoms with Gasteiger partial charge in [-0.25, -0.2) is 0 Å². The Morgan fingerprint density at radius 1 is 1.30 bits per heavy atom. The number of nitrogens with zero attached hydrogens (tertiary/aromatic N) is 4. The van der Waals surface area contributed by atoms with E-state index in [-0.39, 0.29) is 11.9 Å². The molecule has 0 bridgehead atoms. The molecule has 144 valence electrons. The van der Waals surface area contributed by atoms with Crippen LogP contribution in [0.15, 0.2) is 18.5 Å². The second kappa shape index (κ2) is 7.60. The average Bonchev–Trinajstić information content (AvgIpc) is 3.19. The summed E-state index contributed by atoms with van der Waals surface area (Å²) in [6.45, 7) is 1.10. The molecule has 1 fully saturated rings. The first-order chi connectivity index (χ1) is 13.1. The number of amides is 1. The lowest BCUT2D eigenvalue weighted by Crippen LogP contribution is -2.42. The highest BCUT2D eigenvalue weighted by Gasteiger charge is 2.34. The largest absolute Gasteiger partial charge is 0.330 e. The molecular weight excluding hydrogens is 362 g/mol. The molecule has 0 spiro atoms. The first kappa shape index (κ1) is 18.4. The fourth-order valence-corrected chi connectivity index (χ4v) is 4.77. The van der Waals surface area contributed by atoms with E-state index < -0.39 is 0 Å². The van der Waals surface area contributed by atoms with E-state index in [1.165, 1.54) is 32.1 Å². The van der Waals surface area contributed by atoms with Gasteiger partial charge < -0.3 is 10.6 Å². The van der Waals surface area contributed by atoms with E-state index in [1.807, 2.05) is 18.0 Å². The average molecular weight is 388 g/mol. The van der Waals surface area contributed by atoms with Crippen molar-refractivity contribution >= 4 is 17.5 Å². The Balaban J connectivity index is 1.56. The van der Waals surface area contributed by atoms with Gasteiger partial charge in [0.15, 0.2) is 0 Å². The molecule has 3 heterocycles. The van der Waals surface area contributed by atoms with E-state index in [9.17, 15) is 4.79 Å². The van der Waals surface area contributed by atoms with Crippen molar-refractivity contribution in [2.45, 2.75) is 51.1 Å². The fourth-order valence-electron chi connectivity index (χ4n) is 4.51. The van der Waals surface area contributed by atoms with E-state index in [4.69, 9.17) is 17.3 Å². The highest BCUT2D eigenvalue weighted by molar-refractivity contribution is 6.32. The van der Waals surface area contributed by atoms with Crippen molar-refractivity contribution in [3.8, 4) is 11.4 Å². The molecule has 0 radical (unpaired) electrons. The van der Waals surface area contributed by atoms with Crippen LogP contribution in [0.1, 0.15) is 54.4 Å². The van der Waals surface area contributed by atoms with Crippen molar-refractivity contribution in [1.29, 1.82) is 0 Å². The van der Waals surface area contributed by atoms with Gasteiger partial charge in [-0.2, -0.15) is 5.10 Å². The Hall–Kier alpha value is -1.92. The predicted molar refractivity (Wildman–Crippen MR) is 105 cm³/mol. The van der Waals surface area contributed by atoms with E-state index in [0.29, 0.717) is 29.6 Å². The molecule has 0 saturated heterocycles.